The van der Waals surface area contributed by atoms with Crippen LogP contribution in [-0.4, -0.2) is 41.5 Å². The van der Waals surface area contributed by atoms with Crippen molar-refractivity contribution in [2.24, 2.45) is 0 Å². The van der Waals surface area contributed by atoms with Gasteiger partial charge < -0.3 is 14.6 Å². The number of aromatic nitrogens is 1. The zero-order chi connectivity index (χ0) is 23.8. The molecule has 2 aromatic carbocycles. The number of rotatable bonds is 5. The molecule has 9 heteroatoms. The number of thiazole rings is 1. The van der Waals surface area contributed by atoms with E-state index in [1.54, 1.807) is 18.2 Å². The number of nitrogens with zero attached hydrogens (tertiary/aromatic N) is 2. The SMILES string of the molecule is Cc1nc(C(=O)N2CCNCC2CCc2cc3cc(Cl)cc(Cl)c3o2)c(-c2ccc(F)cc2)s1. The van der Waals surface area contributed by atoms with Crippen molar-refractivity contribution in [1.29, 1.82) is 0 Å². The number of halogens is 3. The lowest BCUT2D eigenvalue weighted by atomic mass is 10.0. The Morgan fingerprint density at radius 3 is 2.85 bits per heavy atom. The van der Waals surface area contributed by atoms with Gasteiger partial charge in [0.2, 0.25) is 0 Å². The lowest BCUT2D eigenvalue weighted by Gasteiger charge is -2.36. The summed E-state index contributed by atoms with van der Waals surface area (Å²) in [5, 5.41) is 6.10. The molecular formula is C25H22Cl2FN3O2S. The van der Waals surface area contributed by atoms with E-state index < -0.39 is 0 Å². The molecule has 1 fully saturated rings. The van der Waals surface area contributed by atoms with Crippen LogP contribution in [0.3, 0.4) is 0 Å². The van der Waals surface area contributed by atoms with E-state index >= 15 is 0 Å². The molecule has 0 saturated carbocycles. The fraction of sp³-hybridized carbons (Fsp3) is 0.280. The summed E-state index contributed by atoms with van der Waals surface area (Å²) in [6, 6.07) is 11.6. The number of furan rings is 1. The van der Waals surface area contributed by atoms with Gasteiger partial charge in [-0.05, 0) is 49.2 Å². The maximum absolute atomic E-state index is 13.6. The number of hydrogen-bond donors (Lipinski definition) is 1. The standard InChI is InChI=1S/C25H22Cl2FN3O2S/c1-14-30-22(24(34-14)15-2-4-18(28)5-3-15)25(32)31-9-8-29-13-19(31)6-7-20-11-16-10-17(26)12-21(27)23(16)33-20/h2-5,10-12,19,29H,6-9,13H2,1H3. The van der Waals surface area contributed by atoms with Gasteiger partial charge >= 0.3 is 0 Å². The number of amides is 1. The first kappa shape index (κ1) is 23.3. The molecule has 0 spiro atoms. The molecule has 0 radical (unpaired) electrons. The first-order valence-electron chi connectivity index (χ1n) is 11.0. The van der Waals surface area contributed by atoms with Crippen molar-refractivity contribution >= 4 is 51.4 Å². The minimum atomic E-state index is -0.311. The summed E-state index contributed by atoms with van der Waals surface area (Å²) in [7, 11) is 0. The summed E-state index contributed by atoms with van der Waals surface area (Å²) in [4.78, 5) is 20.8. The normalized spacial score (nSPS) is 16.4. The van der Waals surface area contributed by atoms with Crippen LogP contribution in [0.2, 0.25) is 10.0 Å². The van der Waals surface area contributed by atoms with Gasteiger partial charge in [-0.1, -0.05) is 35.3 Å². The van der Waals surface area contributed by atoms with E-state index in [0.29, 0.717) is 40.8 Å². The van der Waals surface area contributed by atoms with Gasteiger partial charge in [0.15, 0.2) is 5.58 Å². The van der Waals surface area contributed by atoms with E-state index in [4.69, 9.17) is 27.6 Å². The maximum atomic E-state index is 13.6. The van der Waals surface area contributed by atoms with E-state index in [1.165, 1.54) is 23.5 Å². The molecule has 4 aromatic rings. The van der Waals surface area contributed by atoms with Crippen molar-refractivity contribution in [1.82, 2.24) is 15.2 Å². The van der Waals surface area contributed by atoms with Crippen LogP contribution in [0.4, 0.5) is 4.39 Å². The van der Waals surface area contributed by atoms with Crippen LogP contribution in [0.5, 0.6) is 0 Å². The Kier molecular flexibility index (Phi) is 6.62. The Morgan fingerprint density at radius 2 is 2.06 bits per heavy atom. The van der Waals surface area contributed by atoms with E-state index in [-0.39, 0.29) is 17.8 Å². The number of fused-ring (bicyclic) bond motifs is 1. The molecule has 1 amide bonds. The van der Waals surface area contributed by atoms with Gasteiger partial charge in [-0.15, -0.1) is 11.3 Å². The molecule has 1 N–H and O–H groups in total. The third-order valence-electron chi connectivity index (χ3n) is 5.96. The number of hydrogen-bond acceptors (Lipinski definition) is 5. The molecule has 5 nitrogen and oxygen atoms in total. The first-order chi connectivity index (χ1) is 16.4. The number of carbonyl (C=O) groups is 1. The van der Waals surface area contributed by atoms with E-state index in [1.807, 2.05) is 24.0 Å². The predicted octanol–water partition coefficient (Wildman–Crippen LogP) is 6.36. The molecule has 176 valence electrons. The highest BCUT2D eigenvalue weighted by molar-refractivity contribution is 7.15. The summed E-state index contributed by atoms with van der Waals surface area (Å²) in [5.74, 6) is 0.387. The molecular weight excluding hydrogens is 496 g/mol. The Hall–Kier alpha value is -2.45. The fourth-order valence-corrected chi connectivity index (χ4v) is 5.82. The Labute approximate surface area is 210 Å². The Morgan fingerprint density at radius 1 is 1.26 bits per heavy atom. The monoisotopic (exact) mass is 517 g/mol. The largest absolute Gasteiger partial charge is 0.460 e. The molecule has 1 aliphatic rings. The number of piperazine rings is 1. The van der Waals surface area contributed by atoms with Crippen LogP contribution in [0.1, 0.15) is 27.7 Å². The quantitative estimate of drug-likeness (QED) is 0.334. The van der Waals surface area contributed by atoms with Crippen LogP contribution >= 0.6 is 34.5 Å². The van der Waals surface area contributed by atoms with Gasteiger partial charge in [0.1, 0.15) is 17.3 Å². The topological polar surface area (TPSA) is 58.4 Å². The average Bonchev–Trinajstić information content (AvgIpc) is 3.41. The van der Waals surface area contributed by atoms with Gasteiger partial charge in [0.25, 0.3) is 5.91 Å². The molecule has 1 aliphatic heterocycles. The van der Waals surface area contributed by atoms with Crippen molar-refractivity contribution < 1.29 is 13.6 Å². The first-order valence-corrected chi connectivity index (χ1v) is 12.6. The van der Waals surface area contributed by atoms with Crippen LogP contribution < -0.4 is 5.32 Å². The molecule has 1 unspecified atom stereocenters. The van der Waals surface area contributed by atoms with Crippen LogP contribution in [0, 0.1) is 12.7 Å². The number of benzene rings is 2. The van der Waals surface area contributed by atoms with Crippen molar-refractivity contribution in [2.75, 3.05) is 19.6 Å². The zero-order valence-electron chi connectivity index (χ0n) is 18.4. The Balaban J connectivity index is 1.37. The van der Waals surface area contributed by atoms with Crippen LogP contribution in [-0.2, 0) is 6.42 Å². The fourth-order valence-electron chi connectivity index (χ4n) is 4.35. The van der Waals surface area contributed by atoms with Crippen molar-refractivity contribution in [3.8, 4) is 10.4 Å². The highest BCUT2D eigenvalue weighted by atomic mass is 35.5. The predicted molar refractivity (Wildman–Crippen MR) is 134 cm³/mol. The molecule has 1 saturated heterocycles. The second kappa shape index (κ2) is 9.66. The van der Waals surface area contributed by atoms with Crippen LogP contribution in [0.25, 0.3) is 21.4 Å². The third kappa shape index (κ3) is 4.70. The Bertz CT molecular complexity index is 1350. The van der Waals surface area contributed by atoms with E-state index in [0.717, 1.165) is 39.6 Å². The summed E-state index contributed by atoms with van der Waals surface area (Å²) in [6.07, 6.45) is 1.37. The molecule has 0 bridgehead atoms. The molecule has 2 aromatic heterocycles. The summed E-state index contributed by atoms with van der Waals surface area (Å²) >= 11 is 13.8. The molecule has 34 heavy (non-hydrogen) atoms. The van der Waals surface area contributed by atoms with Gasteiger partial charge in [-0.25, -0.2) is 9.37 Å². The van der Waals surface area contributed by atoms with Gasteiger partial charge in [-0.3, -0.25) is 4.79 Å². The number of nitrogens with one attached hydrogen (secondary N) is 1. The molecule has 3 heterocycles. The summed E-state index contributed by atoms with van der Waals surface area (Å²) < 4.78 is 19.4. The second-order valence-corrected chi connectivity index (χ2v) is 10.4. The third-order valence-corrected chi connectivity index (χ3v) is 7.48. The summed E-state index contributed by atoms with van der Waals surface area (Å²) in [6.45, 7) is 3.87. The van der Waals surface area contributed by atoms with Crippen molar-refractivity contribution in [2.45, 2.75) is 25.8 Å². The van der Waals surface area contributed by atoms with Crippen molar-refractivity contribution in [3.63, 3.8) is 0 Å². The number of carbonyl (C=O) groups excluding carboxylic acids is 1. The lowest BCUT2D eigenvalue weighted by molar-refractivity contribution is 0.0619. The molecule has 5 rings (SSSR count). The molecule has 1 atom stereocenters. The van der Waals surface area contributed by atoms with Crippen molar-refractivity contribution in [3.05, 3.63) is 74.8 Å². The van der Waals surface area contributed by atoms with Gasteiger partial charge in [0, 0.05) is 42.5 Å². The van der Waals surface area contributed by atoms with E-state index in [2.05, 4.69) is 10.3 Å². The van der Waals surface area contributed by atoms with Crippen LogP contribution in [0.15, 0.2) is 46.9 Å². The minimum Gasteiger partial charge on any atom is -0.460 e. The average molecular weight is 518 g/mol. The maximum Gasteiger partial charge on any atom is 0.274 e. The van der Waals surface area contributed by atoms with E-state index in [9.17, 15) is 9.18 Å². The van der Waals surface area contributed by atoms with Gasteiger partial charge in [-0.2, -0.15) is 0 Å². The second-order valence-electron chi connectivity index (χ2n) is 8.33. The number of aryl methyl sites for hydroxylation is 2. The minimum absolute atomic E-state index is 0.0170. The highest BCUT2D eigenvalue weighted by Gasteiger charge is 2.31. The zero-order valence-corrected chi connectivity index (χ0v) is 20.7. The molecule has 0 aliphatic carbocycles. The van der Waals surface area contributed by atoms with Gasteiger partial charge in [0.05, 0.1) is 14.9 Å². The highest BCUT2D eigenvalue weighted by Crippen LogP contribution is 2.33. The smallest absolute Gasteiger partial charge is 0.274 e. The lowest BCUT2D eigenvalue weighted by Crippen LogP contribution is -2.53. The summed E-state index contributed by atoms with van der Waals surface area (Å²) in [5.41, 5.74) is 1.84.